The molecule has 0 aliphatic carbocycles. The molecule has 1 aromatic heterocycles. The molecule has 1 aliphatic heterocycles. The molecule has 3 N–H and O–H groups in total. The molecule has 1 aliphatic rings. The van der Waals surface area contributed by atoms with Crippen LogP contribution in [0.3, 0.4) is 0 Å². The summed E-state index contributed by atoms with van der Waals surface area (Å²) in [5.41, 5.74) is 4.48. The summed E-state index contributed by atoms with van der Waals surface area (Å²) in [5.74, 6) is 0.534. The van der Waals surface area contributed by atoms with Crippen LogP contribution in [0.5, 0.6) is 11.5 Å². The fourth-order valence-corrected chi connectivity index (χ4v) is 4.09. The molecular weight excluding hydrogens is 458 g/mol. The molecule has 0 spiro atoms. The third-order valence-corrected chi connectivity index (χ3v) is 6.01. The Morgan fingerprint density at radius 3 is 2.56 bits per heavy atom. The van der Waals surface area contributed by atoms with Crippen molar-refractivity contribution in [3.8, 4) is 11.5 Å². The maximum Gasteiger partial charge on any atom is 0.257 e. The largest absolute Gasteiger partial charge is 0.486 e. The molecule has 0 atom stereocenters. The highest BCUT2D eigenvalue weighted by Crippen LogP contribution is 2.31. The lowest BCUT2D eigenvalue weighted by atomic mass is 10.0. The zero-order valence-electron chi connectivity index (χ0n) is 19.7. The average molecular weight is 484 g/mol. The third kappa shape index (κ3) is 4.85. The van der Waals surface area contributed by atoms with Crippen molar-refractivity contribution in [1.29, 1.82) is 0 Å². The topological polar surface area (TPSA) is 110 Å². The lowest BCUT2D eigenvalue weighted by Gasteiger charge is -2.18. The number of aliphatic hydroxyl groups excluding tert-OH is 1. The van der Waals surface area contributed by atoms with Crippen LogP contribution >= 0.6 is 0 Å². The number of hydrogen-bond donors (Lipinski definition) is 3. The first-order valence-electron chi connectivity index (χ1n) is 11.6. The van der Waals surface area contributed by atoms with Gasteiger partial charge in [0.1, 0.15) is 13.2 Å². The highest BCUT2D eigenvalue weighted by Gasteiger charge is 2.16. The van der Waals surface area contributed by atoms with Crippen molar-refractivity contribution in [2.45, 2.75) is 13.3 Å². The number of fused-ring (bicyclic) bond motifs is 2. The average Bonchev–Trinajstić information content (AvgIpc) is 2.90. The van der Waals surface area contributed by atoms with E-state index < -0.39 is 0 Å². The first-order chi connectivity index (χ1) is 17.5. The van der Waals surface area contributed by atoms with Gasteiger partial charge < -0.3 is 25.2 Å². The molecule has 3 aromatic carbocycles. The van der Waals surface area contributed by atoms with Crippen molar-refractivity contribution in [3.05, 3.63) is 89.1 Å². The molecule has 0 saturated heterocycles. The molecule has 182 valence electrons. The van der Waals surface area contributed by atoms with Gasteiger partial charge in [-0.2, -0.15) is 0 Å². The van der Waals surface area contributed by atoms with Crippen LogP contribution < -0.4 is 20.1 Å². The lowest BCUT2D eigenvalue weighted by molar-refractivity contribution is 0.101. The number of aromatic nitrogens is 1. The molecule has 36 heavy (non-hydrogen) atoms. The normalized spacial score (nSPS) is 12.3. The number of nitrogens with zero attached hydrogens (tertiary/aromatic N) is 1. The summed E-state index contributed by atoms with van der Waals surface area (Å²) in [4.78, 5) is 30.3. The monoisotopic (exact) mass is 483 g/mol. The van der Waals surface area contributed by atoms with Gasteiger partial charge in [-0.1, -0.05) is 18.2 Å². The summed E-state index contributed by atoms with van der Waals surface area (Å²) in [6.45, 7) is 2.81. The molecule has 5 rings (SSSR count). The number of pyridine rings is 1. The maximum absolute atomic E-state index is 13.1. The van der Waals surface area contributed by atoms with Gasteiger partial charge >= 0.3 is 0 Å². The molecule has 2 amide bonds. The van der Waals surface area contributed by atoms with Crippen LogP contribution in [0.1, 0.15) is 31.8 Å². The number of carbonyl (C=O) groups is 2. The van der Waals surface area contributed by atoms with Gasteiger partial charge in [0, 0.05) is 35.1 Å². The van der Waals surface area contributed by atoms with Gasteiger partial charge in [-0.3, -0.25) is 14.6 Å². The molecule has 0 saturated carbocycles. The van der Waals surface area contributed by atoms with Gasteiger partial charge in [0.15, 0.2) is 11.5 Å². The number of carbonyl (C=O) groups excluding carboxylic acids is 2. The van der Waals surface area contributed by atoms with E-state index in [9.17, 15) is 14.7 Å². The Balaban J connectivity index is 1.34. The van der Waals surface area contributed by atoms with Crippen molar-refractivity contribution >= 4 is 34.1 Å². The summed E-state index contributed by atoms with van der Waals surface area (Å²) < 4.78 is 11.1. The first-order valence-corrected chi connectivity index (χ1v) is 11.6. The number of rotatable bonds is 6. The Kier molecular flexibility index (Phi) is 6.51. The standard InChI is InChI=1S/C28H25N3O5/c1-17-5-7-21(30-27(33)19-6-8-25-26(14-19)36-12-11-35-25)15-24(17)31-28(34)20-13-22-18(9-10-32)3-2-4-23(22)29-16-20/h2-8,13-16,32H,9-12H2,1H3,(H,30,33)(H,31,34). The third-order valence-electron chi connectivity index (χ3n) is 6.01. The van der Waals surface area contributed by atoms with Crippen LogP contribution in [0.25, 0.3) is 10.9 Å². The van der Waals surface area contributed by atoms with Crippen LogP contribution in [-0.2, 0) is 6.42 Å². The van der Waals surface area contributed by atoms with Crippen molar-refractivity contribution in [2.75, 3.05) is 30.5 Å². The number of nitrogens with one attached hydrogen (secondary N) is 2. The van der Waals surface area contributed by atoms with Gasteiger partial charge in [0.25, 0.3) is 11.8 Å². The molecule has 8 heteroatoms. The summed E-state index contributed by atoms with van der Waals surface area (Å²) in [6, 6.07) is 17.8. The number of aliphatic hydroxyl groups is 1. The fourth-order valence-electron chi connectivity index (χ4n) is 4.09. The minimum Gasteiger partial charge on any atom is -0.486 e. The predicted octanol–water partition coefficient (Wildman–Crippen LogP) is 4.35. The van der Waals surface area contributed by atoms with E-state index in [1.54, 1.807) is 36.4 Å². The Morgan fingerprint density at radius 1 is 0.917 bits per heavy atom. The first kappa shape index (κ1) is 23.3. The van der Waals surface area contributed by atoms with E-state index in [1.807, 2.05) is 31.2 Å². The number of amides is 2. The molecule has 0 radical (unpaired) electrons. The van der Waals surface area contributed by atoms with Crippen molar-refractivity contribution in [2.24, 2.45) is 0 Å². The van der Waals surface area contributed by atoms with E-state index in [1.165, 1.54) is 6.20 Å². The van der Waals surface area contributed by atoms with Gasteiger partial charge in [-0.05, 0) is 66.9 Å². The van der Waals surface area contributed by atoms with Crippen molar-refractivity contribution in [3.63, 3.8) is 0 Å². The summed E-state index contributed by atoms with van der Waals surface area (Å²) in [5, 5.41) is 16.0. The van der Waals surface area contributed by atoms with Crippen LogP contribution in [-0.4, -0.2) is 41.7 Å². The number of ether oxygens (including phenoxy) is 2. The van der Waals surface area contributed by atoms with Crippen LogP contribution in [0.15, 0.2) is 66.9 Å². The smallest absolute Gasteiger partial charge is 0.257 e. The molecule has 0 bridgehead atoms. The minimum absolute atomic E-state index is 0.0134. The molecule has 0 unspecified atom stereocenters. The number of anilines is 2. The van der Waals surface area contributed by atoms with Gasteiger partial charge in [0.05, 0.1) is 11.1 Å². The summed E-state index contributed by atoms with van der Waals surface area (Å²) in [6.07, 6.45) is 2.01. The minimum atomic E-state index is -0.318. The summed E-state index contributed by atoms with van der Waals surface area (Å²) in [7, 11) is 0. The number of benzene rings is 3. The van der Waals surface area contributed by atoms with Gasteiger partial charge in [0.2, 0.25) is 0 Å². The lowest BCUT2D eigenvalue weighted by Crippen LogP contribution is -2.17. The second-order valence-electron chi connectivity index (χ2n) is 8.48. The maximum atomic E-state index is 13.1. The highest BCUT2D eigenvalue weighted by molar-refractivity contribution is 6.08. The second kappa shape index (κ2) is 10.1. The van der Waals surface area contributed by atoms with E-state index in [4.69, 9.17) is 9.47 Å². The predicted molar refractivity (Wildman–Crippen MR) is 137 cm³/mol. The van der Waals surface area contributed by atoms with Gasteiger partial charge in [-0.15, -0.1) is 0 Å². The Labute approximate surface area is 207 Å². The Bertz CT molecular complexity index is 1470. The molecule has 8 nitrogen and oxygen atoms in total. The van der Waals surface area contributed by atoms with E-state index in [2.05, 4.69) is 15.6 Å². The molecule has 0 fully saturated rings. The van der Waals surface area contributed by atoms with E-state index in [0.717, 1.165) is 22.0 Å². The summed E-state index contributed by atoms with van der Waals surface area (Å²) >= 11 is 0. The molecule has 2 heterocycles. The van der Waals surface area contributed by atoms with Crippen LogP contribution in [0.2, 0.25) is 0 Å². The number of aryl methyl sites for hydroxylation is 1. The van der Waals surface area contributed by atoms with Crippen molar-refractivity contribution < 1.29 is 24.2 Å². The van der Waals surface area contributed by atoms with Crippen LogP contribution in [0.4, 0.5) is 11.4 Å². The Morgan fingerprint density at radius 2 is 1.72 bits per heavy atom. The van der Waals surface area contributed by atoms with Crippen LogP contribution in [0, 0.1) is 6.92 Å². The molecule has 4 aromatic rings. The van der Waals surface area contributed by atoms with E-state index in [-0.39, 0.29) is 18.4 Å². The molecular formula is C28H25N3O5. The van der Waals surface area contributed by atoms with Crippen molar-refractivity contribution in [1.82, 2.24) is 4.98 Å². The number of hydrogen-bond acceptors (Lipinski definition) is 6. The quantitative estimate of drug-likeness (QED) is 0.376. The zero-order chi connectivity index (χ0) is 25.1. The van der Waals surface area contributed by atoms with E-state index >= 15 is 0 Å². The van der Waals surface area contributed by atoms with E-state index in [0.29, 0.717) is 53.6 Å². The zero-order valence-corrected chi connectivity index (χ0v) is 19.7. The second-order valence-corrected chi connectivity index (χ2v) is 8.48. The Hall–Kier alpha value is -4.43. The fraction of sp³-hybridized carbons (Fsp3) is 0.179. The SMILES string of the molecule is Cc1ccc(NC(=O)c2ccc3c(c2)OCCO3)cc1NC(=O)c1cnc2cccc(CCO)c2c1. The highest BCUT2D eigenvalue weighted by atomic mass is 16.6. The van der Waals surface area contributed by atoms with Gasteiger partial charge in [-0.25, -0.2) is 0 Å².